The van der Waals surface area contributed by atoms with Crippen molar-refractivity contribution < 1.29 is 4.39 Å². The zero-order valence-corrected chi connectivity index (χ0v) is 13.7. The molecule has 0 spiro atoms. The lowest BCUT2D eigenvalue weighted by atomic mass is 10.2. The molecule has 116 valence electrons. The molecule has 2 aromatic rings. The molecule has 0 saturated carbocycles. The van der Waals surface area contributed by atoms with Crippen LogP contribution in [-0.4, -0.2) is 28.2 Å². The highest BCUT2D eigenvalue weighted by atomic mass is 35.5. The number of benzene rings is 1. The van der Waals surface area contributed by atoms with Crippen molar-refractivity contribution in [2.75, 3.05) is 7.05 Å². The molecule has 0 atom stereocenters. The molecule has 5 nitrogen and oxygen atoms in total. The lowest BCUT2D eigenvalue weighted by molar-refractivity contribution is 0.624. The number of aromatic nitrogens is 2. The molecule has 0 saturated heterocycles. The van der Waals surface area contributed by atoms with E-state index < -0.39 is 0 Å². The first kappa shape index (κ1) is 16.4. The van der Waals surface area contributed by atoms with Crippen LogP contribution in [0.3, 0.4) is 0 Å². The minimum Gasteiger partial charge on any atom is -0.364 e. The van der Waals surface area contributed by atoms with Gasteiger partial charge >= 0.3 is 0 Å². The van der Waals surface area contributed by atoms with Crippen LogP contribution in [0.1, 0.15) is 16.8 Å². The maximum atomic E-state index is 12.9. The molecule has 2 rings (SSSR count). The second kappa shape index (κ2) is 7.33. The molecule has 0 radical (unpaired) electrons. The Morgan fingerprint density at radius 3 is 2.77 bits per heavy atom. The number of hydrazone groups is 1. The minimum atomic E-state index is -0.272. The van der Waals surface area contributed by atoms with Crippen LogP contribution >= 0.6 is 23.8 Å². The Balaban J connectivity index is 2.16. The topological polar surface area (TPSA) is 54.2 Å². The van der Waals surface area contributed by atoms with Crippen LogP contribution in [0.4, 0.5) is 4.39 Å². The lowest BCUT2D eigenvalue weighted by Crippen LogP contribution is -2.28. The Morgan fingerprint density at radius 2 is 2.14 bits per heavy atom. The van der Waals surface area contributed by atoms with E-state index in [9.17, 15) is 4.39 Å². The van der Waals surface area contributed by atoms with Crippen LogP contribution in [0.15, 0.2) is 29.4 Å². The van der Waals surface area contributed by atoms with Gasteiger partial charge < -0.3 is 5.32 Å². The molecule has 2 N–H and O–H groups in total. The van der Waals surface area contributed by atoms with Crippen LogP contribution in [0.25, 0.3) is 0 Å². The minimum absolute atomic E-state index is 0.272. The highest BCUT2D eigenvalue weighted by molar-refractivity contribution is 7.80. The Hall–Kier alpha value is -1.99. The van der Waals surface area contributed by atoms with Crippen LogP contribution in [0.2, 0.25) is 5.15 Å². The van der Waals surface area contributed by atoms with Gasteiger partial charge in [0.25, 0.3) is 0 Å². The van der Waals surface area contributed by atoms with Crippen molar-refractivity contribution in [1.82, 2.24) is 20.5 Å². The van der Waals surface area contributed by atoms with Gasteiger partial charge in [0.05, 0.1) is 24.0 Å². The molecular weight excluding hydrogens is 325 g/mol. The number of hydrogen-bond donors (Lipinski definition) is 2. The van der Waals surface area contributed by atoms with E-state index in [2.05, 4.69) is 20.9 Å². The largest absolute Gasteiger partial charge is 0.364 e. The van der Waals surface area contributed by atoms with E-state index in [-0.39, 0.29) is 5.82 Å². The summed E-state index contributed by atoms with van der Waals surface area (Å²) in [5.41, 5.74) is 5.01. The standard InChI is InChI=1S/C14H15ClFN5S/c1-9-12(7-18-19-14(22)17-2)13(15)21(20-9)8-10-3-5-11(16)6-4-10/h3-7H,8H2,1-2H3,(H2,17,19,22)/b18-7-. The van der Waals surface area contributed by atoms with Crippen molar-refractivity contribution in [2.45, 2.75) is 13.5 Å². The number of rotatable bonds is 4. The molecule has 0 amide bonds. The summed E-state index contributed by atoms with van der Waals surface area (Å²) < 4.78 is 14.6. The second-order valence-corrected chi connectivity index (χ2v) is 5.29. The Bertz CT molecular complexity index is 696. The van der Waals surface area contributed by atoms with E-state index in [1.165, 1.54) is 12.1 Å². The summed E-state index contributed by atoms with van der Waals surface area (Å²) in [4.78, 5) is 0. The first-order valence-corrected chi connectivity index (χ1v) is 7.28. The number of thiocarbonyl (C=S) groups is 1. The third-order valence-electron chi connectivity index (χ3n) is 2.94. The van der Waals surface area contributed by atoms with Crippen molar-refractivity contribution in [3.8, 4) is 0 Å². The van der Waals surface area contributed by atoms with Crippen LogP contribution in [0.5, 0.6) is 0 Å². The summed E-state index contributed by atoms with van der Waals surface area (Å²) in [7, 11) is 1.70. The first-order chi connectivity index (χ1) is 10.5. The smallest absolute Gasteiger partial charge is 0.186 e. The Kier molecular flexibility index (Phi) is 5.46. The van der Waals surface area contributed by atoms with Gasteiger partial charge in [-0.05, 0) is 36.8 Å². The molecule has 1 aromatic carbocycles. The van der Waals surface area contributed by atoms with Crippen LogP contribution in [0, 0.1) is 12.7 Å². The number of aryl methyl sites for hydroxylation is 1. The molecule has 22 heavy (non-hydrogen) atoms. The Morgan fingerprint density at radius 1 is 1.45 bits per heavy atom. The molecule has 1 heterocycles. The maximum Gasteiger partial charge on any atom is 0.186 e. The normalized spacial score (nSPS) is 10.9. The maximum absolute atomic E-state index is 12.9. The zero-order valence-electron chi connectivity index (χ0n) is 12.1. The fourth-order valence-corrected chi connectivity index (χ4v) is 2.13. The molecule has 0 unspecified atom stereocenters. The van der Waals surface area contributed by atoms with Crippen molar-refractivity contribution >= 4 is 35.1 Å². The SMILES string of the molecule is CNC(=S)N/N=C\c1c(C)nn(Cc2ccc(F)cc2)c1Cl. The van der Waals surface area contributed by atoms with E-state index in [1.54, 1.807) is 30.1 Å². The van der Waals surface area contributed by atoms with E-state index in [4.69, 9.17) is 23.8 Å². The quantitative estimate of drug-likeness (QED) is 0.510. The average molecular weight is 340 g/mol. The highest BCUT2D eigenvalue weighted by Crippen LogP contribution is 2.19. The van der Waals surface area contributed by atoms with Crippen LogP contribution in [-0.2, 0) is 6.54 Å². The summed E-state index contributed by atoms with van der Waals surface area (Å²) in [6, 6.07) is 6.21. The fraction of sp³-hybridized carbons (Fsp3) is 0.214. The highest BCUT2D eigenvalue weighted by Gasteiger charge is 2.12. The van der Waals surface area contributed by atoms with Gasteiger partial charge in [-0.3, -0.25) is 5.43 Å². The number of nitrogens with zero attached hydrogens (tertiary/aromatic N) is 3. The van der Waals surface area contributed by atoms with Gasteiger partial charge in [-0.2, -0.15) is 10.2 Å². The van der Waals surface area contributed by atoms with Crippen molar-refractivity contribution in [1.29, 1.82) is 0 Å². The lowest BCUT2D eigenvalue weighted by Gasteiger charge is -2.03. The van der Waals surface area contributed by atoms with E-state index in [0.717, 1.165) is 11.3 Å². The molecule has 0 aliphatic heterocycles. The van der Waals surface area contributed by atoms with Gasteiger partial charge in [-0.25, -0.2) is 9.07 Å². The van der Waals surface area contributed by atoms with Crippen molar-refractivity contribution in [3.63, 3.8) is 0 Å². The molecule has 0 aliphatic rings. The molecular formula is C14H15ClFN5S. The van der Waals surface area contributed by atoms with E-state index in [1.807, 2.05) is 6.92 Å². The van der Waals surface area contributed by atoms with Gasteiger partial charge in [0.2, 0.25) is 0 Å². The van der Waals surface area contributed by atoms with Crippen molar-refractivity contribution in [3.05, 3.63) is 52.1 Å². The van der Waals surface area contributed by atoms with Gasteiger partial charge in [0, 0.05) is 7.05 Å². The molecule has 0 bridgehead atoms. The Labute approximate surface area is 138 Å². The predicted octanol–water partition coefficient (Wildman–Crippen LogP) is 2.46. The van der Waals surface area contributed by atoms with E-state index >= 15 is 0 Å². The summed E-state index contributed by atoms with van der Waals surface area (Å²) in [5, 5.41) is 12.0. The fourth-order valence-electron chi connectivity index (χ4n) is 1.79. The molecule has 8 heteroatoms. The second-order valence-electron chi connectivity index (χ2n) is 4.52. The van der Waals surface area contributed by atoms with Gasteiger partial charge in [0.15, 0.2) is 5.11 Å². The number of nitrogens with one attached hydrogen (secondary N) is 2. The third-order valence-corrected chi connectivity index (χ3v) is 3.64. The molecule has 0 aliphatic carbocycles. The molecule has 1 aromatic heterocycles. The summed E-state index contributed by atoms with van der Waals surface area (Å²) in [6.45, 7) is 2.29. The third kappa shape index (κ3) is 4.02. The number of halogens is 2. The van der Waals surface area contributed by atoms with Crippen molar-refractivity contribution in [2.24, 2.45) is 5.10 Å². The molecule has 0 fully saturated rings. The monoisotopic (exact) mass is 339 g/mol. The van der Waals surface area contributed by atoms with Gasteiger partial charge in [0.1, 0.15) is 11.0 Å². The van der Waals surface area contributed by atoms with E-state index in [0.29, 0.717) is 22.4 Å². The summed E-state index contributed by atoms with van der Waals surface area (Å²) in [5.74, 6) is -0.272. The summed E-state index contributed by atoms with van der Waals surface area (Å²) >= 11 is 11.2. The van der Waals surface area contributed by atoms with Crippen LogP contribution < -0.4 is 10.7 Å². The zero-order chi connectivity index (χ0) is 16.1. The average Bonchev–Trinajstić information content (AvgIpc) is 2.76. The number of hydrogen-bond acceptors (Lipinski definition) is 3. The van der Waals surface area contributed by atoms with Gasteiger partial charge in [-0.1, -0.05) is 23.7 Å². The summed E-state index contributed by atoms with van der Waals surface area (Å²) in [6.07, 6.45) is 1.56. The van der Waals surface area contributed by atoms with Gasteiger partial charge in [-0.15, -0.1) is 0 Å². The predicted molar refractivity (Wildman–Crippen MR) is 89.9 cm³/mol. The first-order valence-electron chi connectivity index (χ1n) is 6.49.